The molecule has 0 fully saturated rings. The molecule has 0 bridgehead atoms. The standard InChI is InChI=1S/C2H2O4.H3N.Ti/c3-1(4)2(5)6;;/h(H,3,4)(H,5,6);1H3;/q;;+4/p-2. The van der Waals surface area contributed by atoms with Crippen molar-refractivity contribution in [3.63, 3.8) is 0 Å². The Kier molecular flexibility index (Phi) is 12.9. The van der Waals surface area contributed by atoms with Crippen LogP contribution >= 0.6 is 0 Å². The fourth-order valence-corrected chi connectivity index (χ4v) is 0. The molecule has 0 aromatic carbocycles. The topological polar surface area (TPSA) is 115 Å². The molecule has 0 spiro atoms. The summed E-state index contributed by atoms with van der Waals surface area (Å²) in [5.74, 6) is -4.37. The van der Waals surface area contributed by atoms with Crippen molar-refractivity contribution in [2.75, 3.05) is 0 Å². The fraction of sp³-hybridized carbons (Fsp3) is 0. The fourth-order valence-electron chi connectivity index (χ4n) is 0. The maximum atomic E-state index is 8.93. The Hall–Kier alpha value is -0.386. The van der Waals surface area contributed by atoms with Crippen LogP contribution in [0.3, 0.4) is 0 Å². The number of hydrogen-bond donors (Lipinski definition) is 1. The Morgan fingerprint density at radius 3 is 1.12 bits per heavy atom. The molecule has 3 N–H and O–H groups in total. The van der Waals surface area contributed by atoms with Crippen LogP contribution in [0, 0.1) is 0 Å². The molecule has 5 nitrogen and oxygen atoms in total. The van der Waals surface area contributed by atoms with E-state index < -0.39 is 11.9 Å². The summed E-state index contributed by atoms with van der Waals surface area (Å²) in [5.41, 5.74) is 0. The third kappa shape index (κ3) is 9.15. The first-order valence-electron chi connectivity index (χ1n) is 1.07. The number of rotatable bonds is 0. The van der Waals surface area contributed by atoms with Gasteiger partial charge in [-0.15, -0.1) is 0 Å². The van der Waals surface area contributed by atoms with Crippen LogP contribution in [0.2, 0.25) is 0 Å². The normalized spacial score (nSPS) is 5.50. The number of aliphatic carboxylic acids is 2. The summed E-state index contributed by atoms with van der Waals surface area (Å²) in [6.45, 7) is 0. The smallest absolute Gasteiger partial charge is 0.543 e. The van der Waals surface area contributed by atoms with E-state index in [9.17, 15) is 0 Å². The van der Waals surface area contributed by atoms with Crippen molar-refractivity contribution in [1.29, 1.82) is 0 Å². The van der Waals surface area contributed by atoms with Crippen LogP contribution in [0.15, 0.2) is 0 Å². The average Bonchev–Trinajstić information content (AvgIpc) is 1.36. The number of carboxylic acids is 2. The quantitative estimate of drug-likeness (QED) is 0.288. The summed E-state index contributed by atoms with van der Waals surface area (Å²) in [6.07, 6.45) is 0. The second-order valence-corrected chi connectivity index (χ2v) is 0.575. The molecule has 0 rings (SSSR count). The molecule has 8 heavy (non-hydrogen) atoms. The zero-order valence-electron chi connectivity index (χ0n) is 3.84. The number of carboxylic acid groups (broad SMARTS) is 2. The van der Waals surface area contributed by atoms with Gasteiger partial charge in [0.2, 0.25) is 0 Å². The molecule has 0 aliphatic carbocycles. The predicted molar refractivity (Wildman–Crippen MR) is 15.0 cm³/mol. The van der Waals surface area contributed by atoms with Crippen molar-refractivity contribution >= 4 is 11.9 Å². The van der Waals surface area contributed by atoms with Crippen LogP contribution in [0.1, 0.15) is 0 Å². The van der Waals surface area contributed by atoms with Gasteiger partial charge in [-0.05, 0) is 0 Å². The first kappa shape index (κ1) is 15.6. The predicted octanol–water partition coefficient (Wildman–Crippen LogP) is -3.35. The first-order valence-corrected chi connectivity index (χ1v) is 1.07. The van der Waals surface area contributed by atoms with Gasteiger partial charge >= 0.3 is 21.7 Å². The molecule has 0 aromatic heterocycles. The third-order valence-electron chi connectivity index (χ3n) is 0.167. The molecular formula is C2H3NO4Ti+2. The zero-order valence-corrected chi connectivity index (χ0v) is 5.40. The van der Waals surface area contributed by atoms with Gasteiger partial charge in [-0.1, -0.05) is 0 Å². The van der Waals surface area contributed by atoms with E-state index in [1.165, 1.54) is 0 Å². The van der Waals surface area contributed by atoms with Crippen LogP contribution in [0.4, 0.5) is 0 Å². The van der Waals surface area contributed by atoms with E-state index in [1.54, 1.807) is 0 Å². The molecule has 0 aliphatic rings. The Labute approximate surface area is 60.2 Å². The van der Waals surface area contributed by atoms with Crippen LogP contribution in [-0.4, -0.2) is 11.9 Å². The summed E-state index contributed by atoms with van der Waals surface area (Å²) in [5, 5.41) is 17.9. The Morgan fingerprint density at radius 1 is 1.00 bits per heavy atom. The summed E-state index contributed by atoms with van der Waals surface area (Å²) >= 11 is 0. The molecule has 0 atom stereocenters. The molecule has 6 heteroatoms. The van der Waals surface area contributed by atoms with Gasteiger partial charge in [0.05, 0.1) is 11.9 Å². The maximum Gasteiger partial charge on any atom is 4.00 e. The minimum atomic E-state index is -2.19. The third-order valence-corrected chi connectivity index (χ3v) is 0.167. The van der Waals surface area contributed by atoms with Crippen LogP contribution in [0.25, 0.3) is 0 Å². The zero-order chi connectivity index (χ0) is 5.15. The van der Waals surface area contributed by atoms with E-state index in [2.05, 4.69) is 0 Å². The van der Waals surface area contributed by atoms with Crippen LogP contribution in [-0.2, 0) is 31.3 Å². The number of carbonyl (C=O) groups is 2. The van der Waals surface area contributed by atoms with Gasteiger partial charge in [-0.25, -0.2) is 0 Å². The number of hydrogen-bond acceptors (Lipinski definition) is 5. The molecule has 0 saturated heterocycles. The molecule has 0 aliphatic heterocycles. The van der Waals surface area contributed by atoms with Gasteiger partial charge < -0.3 is 26.0 Å². The average molecular weight is 153 g/mol. The van der Waals surface area contributed by atoms with Crippen molar-refractivity contribution in [2.24, 2.45) is 0 Å². The Bertz CT molecular complexity index is 80.0. The van der Waals surface area contributed by atoms with Gasteiger partial charge in [0.1, 0.15) is 0 Å². The van der Waals surface area contributed by atoms with Crippen LogP contribution in [0.5, 0.6) is 0 Å². The first-order chi connectivity index (χ1) is 2.64. The van der Waals surface area contributed by atoms with E-state index in [4.69, 9.17) is 19.8 Å². The van der Waals surface area contributed by atoms with E-state index in [-0.39, 0.29) is 27.9 Å². The summed E-state index contributed by atoms with van der Waals surface area (Å²) in [6, 6.07) is 0. The molecule has 0 saturated carbocycles. The molecular weight excluding hydrogens is 150 g/mol. The minimum absolute atomic E-state index is 0. The second-order valence-electron chi connectivity index (χ2n) is 0.575. The van der Waals surface area contributed by atoms with Crippen molar-refractivity contribution < 1.29 is 41.5 Å². The van der Waals surface area contributed by atoms with Gasteiger partial charge in [-0.3, -0.25) is 0 Å². The summed E-state index contributed by atoms with van der Waals surface area (Å²) in [7, 11) is 0. The minimum Gasteiger partial charge on any atom is -0.543 e. The van der Waals surface area contributed by atoms with Crippen molar-refractivity contribution in [2.45, 2.75) is 0 Å². The molecule has 0 amide bonds. The number of carbonyl (C=O) groups excluding carboxylic acids is 2. The van der Waals surface area contributed by atoms with Crippen molar-refractivity contribution in [3.05, 3.63) is 0 Å². The molecule has 42 valence electrons. The Balaban J connectivity index is -0.000000125. The van der Waals surface area contributed by atoms with Crippen molar-refractivity contribution in [1.82, 2.24) is 6.15 Å². The maximum absolute atomic E-state index is 8.93. The largest absolute Gasteiger partial charge is 4.00 e. The molecule has 0 unspecified atom stereocenters. The van der Waals surface area contributed by atoms with Crippen LogP contribution < -0.4 is 16.4 Å². The molecule has 0 aromatic rings. The van der Waals surface area contributed by atoms with Gasteiger partial charge in [0, 0.05) is 0 Å². The second kappa shape index (κ2) is 6.61. The van der Waals surface area contributed by atoms with E-state index >= 15 is 0 Å². The van der Waals surface area contributed by atoms with Crippen molar-refractivity contribution in [3.8, 4) is 0 Å². The van der Waals surface area contributed by atoms with Gasteiger partial charge in [-0.2, -0.15) is 0 Å². The van der Waals surface area contributed by atoms with E-state index in [1.807, 2.05) is 0 Å². The monoisotopic (exact) mass is 153 g/mol. The van der Waals surface area contributed by atoms with E-state index in [0.717, 1.165) is 0 Å². The summed E-state index contributed by atoms with van der Waals surface area (Å²) in [4.78, 5) is 17.9. The molecule has 0 heterocycles. The SMILES string of the molecule is N.O=C([O-])C(=O)[O-].[Ti+4]. The van der Waals surface area contributed by atoms with Gasteiger partial charge in [0.25, 0.3) is 0 Å². The summed E-state index contributed by atoms with van der Waals surface area (Å²) < 4.78 is 0. The van der Waals surface area contributed by atoms with Gasteiger partial charge in [0.15, 0.2) is 0 Å². The molecule has 0 radical (unpaired) electrons. The Morgan fingerprint density at radius 2 is 1.12 bits per heavy atom. The van der Waals surface area contributed by atoms with E-state index in [0.29, 0.717) is 0 Å².